The zero-order valence-corrected chi connectivity index (χ0v) is 11.5. The van der Waals surface area contributed by atoms with Crippen LogP contribution in [0.4, 0.5) is 9.59 Å². The summed E-state index contributed by atoms with van der Waals surface area (Å²) in [6.45, 7) is 8.69. The number of piperazine rings is 1. The molecule has 1 aliphatic heterocycles. The van der Waals surface area contributed by atoms with Gasteiger partial charge in [-0.2, -0.15) is 0 Å². The number of carbonyl (C=O) groups is 2. The highest BCUT2D eigenvalue weighted by Crippen LogP contribution is 2.15. The summed E-state index contributed by atoms with van der Waals surface area (Å²) in [6, 6.07) is -0.0822. The van der Waals surface area contributed by atoms with E-state index in [1.165, 1.54) is 0 Å². The second kappa shape index (κ2) is 5.12. The van der Waals surface area contributed by atoms with Crippen molar-refractivity contribution in [3.63, 3.8) is 0 Å². The summed E-state index contributed by atoms with van der Waals surface area (Å²) >= 11 is 5.44. The molecule has 1 rings (SSSR count). The molecule has 0 bridgehead atoms. The second-order valence-electron chi connectivity index (χ2n) is 5.22. The molecule has 0 aromatic heterocycles. The van der Waals surface area contributed by atoms with Gasteiger partial charge in [0.25, 0.3) is 0 Å². The van der Waals surface area contributed by atoms with Crippen LogP contribution in [0.1, 0.15) is 27.7 Å². The Bertz CT molecular complexity index is 314. The van der Waals surface area contributed by atoms with Crippen LogP contribution in [0.3, 0.4) is 0 Å². The van der Waals surface area contributed by atoms with Crippen LogP contribution in [-0.4, -0.2) is 52.5 Å². The lowest BCUT2D eigenvalue weighted by Gasteiger charge is -2.39. The Morgan fingerprint density at radius 2 is 1.88 bits per heavy atom. The zero-order chi connectivity index (χ0) is 13.2. The average Bonchev–Trinajstić information content (AvgIpc) is 2.14. The SMILES string of the molecule is C[C@@H]1CN(C(=O)OC(C)(C)C)CCN1C(=O)Cl. The van der Waals surface area contributed by atoms with Gasteiger partial charge in [-0.1, -0.05) is 0 Å². The number of hydrogen-bond donors (Lipinski definition) is 0. The van der Waals surface area contributed by atoms with Crippen LogP contribution < -0.4 is 0 Å². The summed E-state index contributed by atoms with van der Waals surface area (Å²) in [7, 11) is 0. The van der Waals surface area contributed by atoms with Gasteiger partial charge < -0.3 is 14.5 Å². The lowest BCUT2D eigenvalue weighted by molar-refractivity contribution is 0.0117. The Kier molecular flexibility index (Phi) is 4.25. The van der Waals surface area contributed by atoms with Gasteiger partial charge in [-0.25, -0.2) is 4.79 Å². The molecule has 2 amide bonds. The van der Waals surface area contributed by atoms with Crippen molar-refractivity contribution in [2.24, 2.45) is 0 Å². The predicted molar refractivity (Wildman–Crippen MR) is 65.2 cm³/mol. The average molecular weight is 263 g/mol. The van der Waals surface area contributed by atoms with E-state index in [9.17, 15) is 9.59 Å². The van der Waals surface area contributed by atoms with Gasteiger partial charge in [0.1, 0.15) is 5.60 Å². The second-order valence-corrected chi connectivity index (χ2v) is 5.55. The van der Waals surface area contributed by atoms with Crippen molar-refractivity contribution in [3.8, 4) is 0 Å². The van der Waals surface area contributed by atoms with Crippen molar-refractivity contribution in [1.82, 2.24) is 9.80 Å². The highest BCUT2D eigenvalue weighted by atomic mass is 35.5. The molecule has 1 saturated heterocycles. The van der Waals surface area contributed by atoms with Crippen LogP contribution >= 0.6 is 11.6 Å². The Morgan fingerprint density at radius 3 is 2.29 bits per heavy atom. The molecule has 0 unspecified atom stereocenters. The van der Waals surface area contributed by atoms with Crippen molar-refractivity contribution >= 4 is 23.1 Å². The minimum atomic E-state index is -0.500. The lowest BCUT2D eigenvalue weighted by atomic mass is 10.2. The van der Waals surface area contributed by atoms with Gasteiger partial charge in [0.15, 0.2) is 0 Å². The largest absolute Gasteiger partial charge is 0.444 e. The molecule has 0 N–H and O–H groups in total. The fourth-order valence-electron chi connectivity index (χ4n) is 1.71. The van der Waals surface area contributed by atoms with Crippen LogP contribution in [0.5, 0.6) is 0 Å². The van der Waals surface area contributed by atoms with E-state index in [1.54, 1.807) is 9.80 Å². The van der Waals surface area contributed by atoms with Crippen LogP contribution in [0, 0.1) is 0 Å². The highest BCUT2D eigenvalue weighted by molar-refractivity contribution is 6.62. The monoisotopic (exact) mass is 262 g/mol. The van der Waals surface area contributed by atoms with Gasteiger partial charge in [-0.15, -0.1) is 0 Å². The number of rotatable bonds is 0. The zero-order valence-electron chi connectivity index (χ0n) is 10.7. The quantitative estimate of drug-likeness (QED) is 0.497. The minimum absolute atomic E-state index is 0.0822. The minimum Gasteiger partial charge on any atom is -0.444 e. The van der Waals surface area contributed by atoms with E-state index in [0.717, 1.165) is 0 Å². The van der Waals surface area contributed by atoms with Crippen molar-refractivity contribution in [2.75, 3.05) is 19.6 Å². The van der Waals surface area contributed by atoms with Crippen molar-refractivity contribution in [3.05, 3.63) is 0 Å². The van der Waals surface area contributed by atoms with Crippen LogP contribution in [0.2, 0.25) is 0 Å². The Balaban J connectivity index is 2.55. The summed E-state index contributed by atoms with van der Waals surface area (Å²) in [6.07, 6.45) is -0.342. The van der Waals surface area contributed by atoms with E-state index in [4.69, 9.17) is 16.3 Å². The first kappa shape index (κ1) is 14.1. The van der Waals surface area contributed by atoms with Gasteiger partial charge in [-0.05, 0) is 39.3 Å². The molecular formula is C11H19ClN2O3. The standard InChI is InChI=1S/C11H19ClN2O3/c1-8-7-13(5-6-14(8)9(12)15)10(16)17-11(2,3)4/h8H,5-7H2,1-4H3/t8-/m1/s1. The van der Waals surface area contributed by atoms with Crippen LogP contribution in [0.15, 0.2) is 0 Å². The highest BCUT2D eigenvalue weighted by Gasteiger charge is 2.31. The lowest BCUT2D eigenvalue weighted by Crippen LogP contribution is -2.55. The predicted octanol–water partition coefficient (Wildman–Crippen LogP) is 2.29. The summed E-state index contributed by atoms with van der Waals surface area (Å²) in [4.78, 5) is 26.0. The van der Waals surface area contributed by atoms with Gasteiger partial charge in [0.05, 0.1) is 0 Å². The van der Waals surface area contributed by atoms with Crippen LogP contribution in [0.25, 0.3) is 0 Å². The molecule has 17 heavy (non-hydrogen) atoms. The normalized spacial score (nSPS) is 21.4. The molecule has 5 nitrogen and oxygen atoms in total. The molecule has 0 radical (unpaired) electrons. The van der Waals surface area contributed by atoms with Gasteiger partial charge in [-0.3, -0.25) is 4.79 Å². The molecule has 0 saturated carbocycles. The van der Waals surface area contributed by atoms with Crippen molar-refractivity contribution in [1.29, 1.82) is 0 Å². The molecule has 0 aliphatic carbocycles. The first-order valence-electron chi connectivity index (χ1n) is 5.65. The fraction of sp³-hybridized carbons (Fsp3) is 0.818. The smallest absolute Gasteiger partial charge is 0.410 e. The molecule has 6 heteroatoms. The number of carbonyl (C=O) groups excluding carboxylic acids is 2. The van der Waals surface area contributed by atoms with Crippen molar-refractivity contribution in [2.45, 2.75) is 39.3 Å². The van der Waals surface area contributed by atoms with Crippen molar-refractivity contribution < 1.29 is 14.3 Å². The molecule has 0 aromatic rings. The molecular weight excluding hydrogens is 244 g/mol. The van der Waals surface area contributed by atoms with E-state index < -0.39 is 11.0 Å². The van der Waals surface area contributed by atoms with Gasteiger partial charge in [0, 0.05) is 25.7 Å². The summed E-state index contributed by atoms with van der Waals surface area (Å²) in [5.74, 6) is 0. The number of halogens is 1. The van der Waals surface area contributed by atoms with E-state index >= 15 is 0 Å². The van der Waals surface area contributed by atoms with E-state index in [-0.39, 0.29) is 12.1 Å². The first-order chi connectivity index (χ1) is 7.70. The van der Waals surface area contributed by atoms with E-state index in [2.05, 4.69) is 0 Å². The third-order valence-corrected chi connectivity index (χ3v) is 2.72. The molecule has 1 heterocycles. The summed E-state index contributed by atoms with van der Waals surface area (Å²) in [5.41, 5.74) is -0.500. The molecule has 1 atom stereocenters. The van der Waals surface area contributed by atoms with Gasteiger partial charge >= 0.3 is 11.5 Å². The maximum absolute atomic E-state index is 11.8. The molecule has 98 valence electrons. The maximum atomic E-state index is 11.8. The Morgan fingerprint density at radius 1 is 1.29 bits per heavy atom. The molecule has 0 spiro atoms. The maximum Gasteiger partial charge on any atom is 0.410 e. The molecule has 1 fully saturated rings. The fourth-order valence-corrected chi connectivity index (χ4v) is 1.96. The Labute approximate surface area is 107 Å². The van der Waals surface area contributed by atoms with E-state index in [0.29, 0.717) is 19.6 Å². The first-order valence-corrected chi connectivity index (χ1v) is 6.02. The van der Waals surface area contributed by atoms with E-state index in [1.807, 2.05) is 27.7 Å². The van der Waals surface area contributed by atoms with Gasteiger partial charge in [0.2, 0.25) is 0 Å². The van der Waals surface area contributed by atoms with Crippen LogP contribution in [-0.2, 0) is 4.74 Å². The number of amides is 2. The number of ether oxygens (including phenoxy) is 1. The number of hydrogen-bond acceptors (Lipinski definition) is 3. The summed E-state index contributed by atoms with van der Waals surface area (Å²) in [5, 5.41) is -0.471. The third kappa shape index (κ3) is 4.07. The number of nitrogens with zero attached hydrogens (tertiary/aromatic N) is 2. The summed E-state index contributed by atoms with van der Waals surface area (Å²) < 4.78 is 5.27. The molecule has 1 aliphatic rings. The topological polar surface area (TPSA) is 49.9 Å². The third-order valence-electron chi connectivity index (χ3n) is 2.50. The Hall–Kier alpha value is -0.970. The molecule has 0 aromatic carbocycles.